The van der Waals surface area contributed by atoms with Gasteiger partial charge in [0.1, 0.15) is 22.3 Å². The molecule has 58 heavy (non-hydrogen) atoms. The van der Waals surface area contributed by atoms with Crippen LogP contribution < -0.4 is 4.90 Å². The molecular formula is C54H34N2O2. The largest absolute Gasteiger partial charge is 0.455 e. The Morgan fingerprint density at radius 3 is 1.38 bits per heavy atom. The Labute approximate surface area is 334 Å². The number of nitrogens with zero attached hydrogens (tertiary/aromatic N) is 2. The smallest absolute Gasteiger partial charge is 0.143 e. The third-order valence-corrected chi connectivity index (χ3v) is 11.6. The second-order valence-corrected chi connectivity index (χ2v) is 14.9. The molecule has 272 valence electrons. The van der Waals surface area contributed by atoms with Gasteiger partial charge in [-0.1, -0.05) is 133 Å². The molecule has 0 N–H and O–H groups in total. The van der Waals surface area contributed by atoms with Gasteiger partial charge in [0.05, 0.1) is 11.0 Å². The fourth-order valence-corrected chi connectivity index (χ4v) is 8.93. The summed E-state index contributed by atoms with van der Waals surface area (Å²) in [4.78, 5) is 2.35. The quantitative estimate of drug-likeness (QED) is 0.170. The van der Waals surface area contributed by atoms with Crippen LogP contribution >= 0.6 is 0 Å². The molecule has 0 unspecified atom stereocenters. The standard InChI is InChI=1S/C54H34N2O2/c1-2-12-37(13-3-1)56-49-21-7-4-14-43(49)48-34-40(32-33-50(48)56)55(38-28-24-35(25-29-38)41-17-10-19-46-44-15-5-8-22-51(44)57-53(41)46)39-30-26-36(27-31-39)42-18-11-20-47-45-16-6-9-23-52(45)58-54(42)47/h1-34H. The van der Waals surface area contributed by atoms with Crippen molar-refractivity contribution in [2.45, 2.75) is 0 Å². The predicted molar refractivity (Wildman–Crippen MR) is 241 cm³/mol. The van der Waals surface area contributed by atoms with Crippen LogP contribution in [0, 0.1) is 0 Å². The van der Waals surface area contributed by atoms with Crippen LogP contribution in [0.3, 0.4) is 0 Å². The summed E-state index contributed by atoms with van der Waals surface area (Å²) in [6.45, 7) is 0. The van der Waals surface area contributed by atoms with E-state index in [0.717, 1.165) is 88.9 Å². The minimum Gasteiger partial charge on any atom is -0.455 e. The molecule has 12 aromatic rings. The van der Waals surface area contributed by atoms with Crippen molar-refractivity contribution in [3.8, 4) is 27.9 Å². The number of fused-ring (bicyclic) bond motifs is 9. The van der Waals surface area contributed by atoms with Gasteiger partial charge in [-0.05, 0) is 83.9 Å². The lowest BCUT2D eigenvalue weighted by atomic mass is 10.0. The molecule has 12 rings (SSSR count). The van der Waals surface area contributed by atoms with Gasteiger partial charge >= 0.3 is 0 Å². The van der Waals surface area contributed by atoms with Gasteiger partial charge in [0.2, 0.25) is 0 Å². The van der Waals surface area contributed by atoms with Crippen LogP contribution in [-0.4, -0.2) is 4.57 Å². The molecule has 0 aliphatic rings. The van der Waals surface area contributed by atoms with E-state index in [0.29, 0.717) is 0 Å². The number of anilines is 3. The van der Waals surface area contributed by atoms with Gasteiger partial charge in [-0.2, -0.15) is 0 Å². The summed E-state index contributed by atoms with van der Waals surface area (Å²) >= 11 is 0. The number of hydrogen-bond donors (Lipinski definition) is 0. The molecule has 0 saturated heterocycles. The normalized spacial score (nSPS) is 11.8. The Hall–Kier alpha value is -7.82. The minimum absolute atomic E-state index is 0.900. The molecule has 9 aromatic carbocycles. The fourth-order valence-electron chi connectivity index (χ4n) is 8.93. The van der Waals surface area contributed by atoms with Crippen LogP contribution in [0.5, 0.6) is 0 Å². The van der Waals surface area contributed by atoms with E-state index in [9.17, 15) is 0 Å². The Morgan fingerprint density at radius 1 is 0.328 bits per heavy atom. The lowest BCUT2D eigenvalue weighted by molar-refractivity contribution is 0.669. The number of rotatable bonds is 6. The van der Waals surface area contributed by atoms with Crippen molar-refractivity contribution in [3.63, 3.8) is 0 Å². The lowest BCUT2D eigenvalue weighted by Crippen LogP contribution is -2.10. The first-order valence-corrected chi connectivity index (χ1v) is 19.7. The van der Waals surface area contributed by atoms with Crippen molar-refractivity contribution in [3.05, 3.63) is 206 Å². The van der Waals surface area contributed by atoms with Gasteiger partial charge < -0.3 is 18.3 Å². The van der Waals surface area contributed by atoms with Gasteiger partial charge in [-0.25, -0.2) is 0 Å². The van der Waals surface area contributed by atoms with Crippen LogP contribution in [0.4, 0.5) is 17.1 Å². The third-order valence-electron chi connectivity index (χ3n) is 11.6. The molecule has 0 radical (unpaired) electrons. The first-order valence-electron chi connectivity index (χ1n) is 19.7. The highest BCUT2D eigenvalue weighted by Crippen LogP contribution is 2.43. The molecule has 0 aliphatic heterocycles. The zero-order chi connectivity index (χ0) is 38.2. The number of benzene rings is 9. The van der Waals surface area contributed by atoms with E-state index in [1.165, 1.54) is 21.8 Å². The molecule has 0 bridgehead atoms. The minimum atomic E-state index is 0.900. The van der Waals surface area contributed by atoms with Crippen molar-refractivity contribution in [2.24, 2.45) is 0 Å². The topological polar surface area (TPSA) is 34.5 Å². The molecule has 0 fully saturated rings. The van der Waals surface area contributed by atoms with Gasteiger partial charge in [0.15, 0.2) is 0 Å². The van der Waals surface area contributed by atoms with Crippen LogP contribution in [-0.2, 0) is 0 Å². The third kappa shape index (κ3) is 5.02. The first-order chi connectivity index (χ1) is 28.8. The molecule has 3 aromatic heterocycles. The maximum atomic E-state index is 6.44. The fraction of sp³-hybridized carbons (Fsp3) is 0. The first kappa shape index (κ1) is 32.4. The summed E-state index contributed by atoms with van der Waals surface area (Å²) in [6.07, 6.45) is 0. The number of hydrogen-bond acceptors (Lipinski definition) is 3. The second kappa shape index (κ2) is 12.9. The molecular weight excluding hydrogens is 709 g/mol. The Balaban J connectivity index is 1.01. The predicted octanol–water partition coefficient (Wildman–Crippen LogP) is 15.4. The van der Waals surface area contributed by atoms with E-state index in [4.69, 9.17) is 8.83 Å². The summed E-state index contributed by atoms with van der Waals surface area (Å²) < 4.78 is 15.2. The zero-order valence-electron chi connectivity index (χ0n) is 31.3. The maximum absolute atomic E-state index is 6.44. The average molecular weight is 743 g/mol. The summed E-state index contributed by atoms with van der Waals surface area (Å²) in [5.74, 6) is 0. The monoisotopic (exact) mass is 742 g/mol. The summed E-state index contributed by atoms with van der Waals surface area (Å²) in [5, 5.41) is 6.92. The van der Waals surface area contributed by atoms with E-state index >= 15 is 0 Å². The van der Waals surface area contributed by atoms with Gasteiger partial charge in [-0.15, -0.1) is 0 Å². The Bertz CT molecular complexity index is 3340. The molecule has 4 nitrogen and oxygen atoms in total. The van der Waals surface area contributed by atoms with E-state index in [1.807, 2.05) is 24.3 Å². The zero-order valence-corrected chi connectivity index (χ0v) is 31.3. The molecule has 3 heterocycles. The van der Waals surface area contributed by atoms with Crippen LogP contribution in [0.1, 0.15) is 0 Å². The van der Waals surface area contributed by atoms with Crippen LogP contribution in [0.25, 0.3) is 93.6 Å². The van der Waals surface area contributed by atoms with Crippen molar-refractivity contribution in [1.29, 1.82) is 0 Å². The van der Waals surface area contributed by atoms with Gasteiger partial charge in [0.25, 0.3) is 0 Å². The highest BCUT2D eigenvalue weighted by atomic mass is 16.3. The summed E-state index contributed by atoms with van der Waals surface area (Å²) in [7, 11) is 0. The summed E-state index contributed by atoms with van der Waals surface area (Å²) in [6, 6.07) is 73.2. The second-order valence-electron chi connectivity index (χ2n) is 14.9. The SMILES string of the molecule is c1ccc(-n2c3ccccc3c3cc(N(c4ccc(-c5cccc6c5oc5ccccc56)cc4)c4ccc(-c5cccc6c5oc5ccccc56)cc4)ccc32)cc1. The lowest BCUT2D eigenvalue weighted by Gasteiger charge is -2.26. The summed E-state index contributed by atoms with van der Waals surface area (Å²) in [5.41, 5.74) is 14.6. The van der Waals surface area contributed by atoms with Crippen molar-refractivity contribution >= 4 is 82.7 Å². The number of furan rings is 2. The average Bonchev–Trinajstić information content (AvgIpc) is 3.97. The van der Waals surface area contributed by atoms with E-state index in [2.05, 4.69) is 191 Å². The molecule has 0 amide bonds. The van der Waals surface area contributed by atoms with Crippen LogP contribution in [0.2, 0.25) is 0 Å². The molecule has 0 aliphatic carbocycles. The van der Waals surface area contributed by atoms with Crippen molar-refractivity contribution in [2.75, 3.05) is 4.90 Å². The van der Waals surface area contributed by atoms with Gasteiger partial charge in [0, 0.05) is 66.2 Å². The highest BCUT2D eigenvalue weighted by Gasteiger charge is 2.19. The molecule has 4 heteroatoms. The van der Waals surface area contributed by atoms with E-state index in [-0.39, 0.29) is 0 Å². The number of aromatic nitrogens is 1. The van der Waals surface area contributed by atoms with Gasteiger partial charge in [-0.3, -0.25) is 0 Å². The van der Waals surface area contributed by atoms with E-state index in [1.54, 1.807) is 0 Å². The van der Waals surface area contributed by atoms with Crippen molar-refractivity contribution < 1.29 is 8.83 Å². The van der Waals surface area contributed by atoms with Crippen molar-refractivity contribution in [1.82, 2.24) is 4.57 Å². The highest BCUT2D eigenvalue weighted by molar-refractivity contribution is 6.12. The van der Waals surface area contributed by atoms with Crippen LogP contribution in [0.15, 0.2) is 215 Å². The molecule has 0 spiro atoms. The van der Waals surface area contributed by atoms with E-state index < -0.39 is 0 Å². The Morgan fingerprint density at radius 2 is 0.793 bits per heavy atom. The Kier molecular flexibility index (Phi) is 7.20. The maximum Gasteiger partial charge on any atom is 0.143 e. The molecule has 0 saturated carbocycles. The number of para-hydroxylation sites is 6. The molecule has 0 atom stereocenters.